The number of aryl methyl sites for hydroxylation is 2. The highest BCUT2D eigenvalue weighted by atomic mass is 15.2. The number of nitrogens with zero attached hydrogens (tertiary/aromatic N) is 2. The van der Waals surface area contributed by atoms with Crippen LogP contribution in [0.2, 0.25) is 0 Å². The molecule has 2 heterocycles. The Balaban J connectivity index is 1.61. The Bertz CT molecular complexity index is 926. The Morgan fingerprint density at radius 1 is 1.00 bits per heavy atom. The molecule has 0 amide bonds. The molecule has 3 heteroatoms. The van der Waals surface area contributed by atoms with Crippen LogP contribution in [0.3, 0.4) is 0 Å². The van der Waals surface area contributed by atoms with Gasteiger partial charge in [-0.3, -0.25) is 0 Å². The SMILES string of the molecule is Cc1cccc(Cc2cc3cccc(C)c3nc2NCCN2CCCC2)c1. The average Bonchev–Trinajstić information content (AvgIpc) is 3.16. The summed E-state index contributed by atoms with van der Waals surface area (Å²) in [7, 11) is 0. The van der Waals surface area contributed by atoms with Crippen LogP contribution < -0.4 is 5.32 Å². The lowest BCUT2D eigenvalue weighted by atomic mass is 10.0. The van der Waals surface area contributed by atoms with Crippen molar-refractivity contribution in [1.29, 1.82) is 0 Å². The van der Waals surface area contributed by atoms with Crippen LogP contribution in [0, 0.1) is 13.8 Å². The van der Waals surface area contributed by atoms with Crippen LogP contribution in [0.25, 0.3) is 10.9 Å². The maximum Gasteiger partial charge on any atom is 0.130 e. The van der Waals surface area contributed by atoms with Gasteiger partial charge in [-0.05, 0) is 62.5 Å². The summed E-state index contributed by atoms with van der Waals surface area (Å²) in [6.45, 7) is 8.82. The second-order valence-corrected chi connectivity index (χ2v) is 7.78. The standard InChI is InChI=1S/C24H29N3/c1-18-7-5-9-20(15-18)16-22-17-21-10-6-8-19(2)23(21)26-24(22)25-11-14-27-12-3-4-13-27/h5-10,15,17H,3-4,11-14,16H2,1-2H3,(H,25,26). The molecule has 0 unspecified atom stereocenters. The number of benzene rings is 2. The molecule has 1 N–H and O–H groups in total. The number of fused-ring (bicyclic) bond motifs is 1. The quantitative estimate of drug-likeness (QED) is 0.675. The van der Waals surface area contributed by atoms with Crippen molar-refractivity contribution >= 4 is 16.7 Å². The van der Waals surface area contributed by atoms with Crippen LogP contribution in [-0.2, 0) is 6.42 Å². The predicted molar refractivity (Wildman–Crippen MR) is 115 cm³/mol. The van der Waals surface area contributed by atoms with Gasteiger partial charge in [0.05, 0.1) is 5.52 Å². The van der Waals surface area contributed by atoms with Gasteiger partial charge in [-0.1, -0.05) is 48.0 Å². The Labute approximate surface area is 162 Å². The highest BCUT2D eigenvalue weighted by Gasteiger charge is 2.13. The maximum absolute atomic E-state index is 5.03. The summed E-state index contributed by atoms with van der Waals surface area (Å²) in [6.07, 6.45) is 3.59. The van der Waals surface area contributed by atoms with Gasteiger partial charge in [0.15, 0.2) is 0 Å². The molecule has 4 rings (SSSR count). The first kappa shape index (κ1) is 18.0. The van der Waals surface area contributed by atoms with Gasteiger partial charge >= 0.3 is 0 Å². The first-order chi connectivity index (χ1) is 13.2. The van der Waals surface area contributed by atoms with E-state index in [0.29, 0.717) is 0 Å². The summed E-state index contributed by atoms with van der Waals surface area (Å²) in [5.74, 6) is 1.04. The third-order valence-corrected chi connectivity index (χ3v) is 5.52. The first-order valence-corrected chi connectivity index (χ1v) is 10.1. The molecule has 1 saturated heterocycles. The summed E-state index contributed by atoms with van der Waals surface area (Å²) >= 11 is 0. The minimum atomic E-state index is 0.907. The van der Waals surface area contributed by atoms with Crippen LogP contribution in [0.4, 0.5) is 5.82 Å². The summed E-state index contributed by atoms with van der Waals surface area (Å²) < 4.78 is 0. The van der Waals surface area contributed by atoms with E-state index in [1.54, 1.807) is 0 Å². The molecule has 2 aromatic carbocycles. The van der Waals surface area contributed by atoms with Gasteiger partial charge < -0.3 is 10.2 Å². The molecule has 1 aromatic heterocycles. The Morgan fingerprint density at radius 2 is 1.81 bits per heavy atom. The van der Waals surface area contributed by atoms with E-state index in [4.69, 9.17) is 4.98 Å². The zero-order valence-electron chi connectivity index (χ0n) is 16.5. The zero-order chi connectivity index (χ0) is 18.6. The number of rotatable bonds is 6. The monoisotopic (exact) mass is 359 g/mol. The van der Waals surface area contributed by atoms with Gasteiger partial charge in [-0.15, -0.1) is 0 Å². The lowest BCUT2D eigenvalue weighted by molar-refractivity contribution is 0.352. The molecule has 0 atom stereocenters. The Morgan fingerprint density at radius 3 is 2.63 bits per heavy atom. The minimum absolute atomic E-state index is 0.907. The van der Waals surface area contributed by atoms with Crippen LogP contribution >= 0.6 is 0 Å². The number of aromatic nitrogens is 1. The molecule has 3 nitrogen and oxygen atoms in total. The Hall–Kier alpha value is -2.39. The number of anilines is 1. The fraction of sp³-hybridized carbons (Fsp3) is 0.375. The van der Waals surface area contributed by atoms with E-state index in [9.17, 15) is 0 Å². The highest BCUT2D eigenvalue weighted by molar-refractivity contribution is 5.84. The Kier molecular flexibility index (Phi) is 5.40. The fourth-order valence-corrected chi connectivity index (χ4v) is 4.06. The van der Waals surface area contributed by atoms with E-state index >= 15 is 0 Å². The molecule has 140 valence electrons. The second-order valence-electron chi connectivity index (χ2n) is 7.78. The van der Waals surface area contributed by atoms with Crippen molar-refractivity contribution in [3.63, 3.8) is 0 Å². The molecular formula is C24H29N3. The topological polar surface area (TPSA) is 28.2 Å². The van der Waals surface area contributed by atoms with Gasteiger partial charge in [0.1, 0.15) is 5.82 Å². The predicted octanol–water partition coefficient (Wildman–Crippen LogP) is 4.95. The second kappa shape index (κ2) is 8.10. The molecule has 0 saturated carbocycles. The van der Waals surface area contributed by atoms with Gasteiger partial charge in [0.2, 0.25) is 0 Å². The van der Waals surface area contributed by atoms with E-state index < -0.39 is 0 Å². The number of hydrogen-bond acceptors (Lipinski definition) is 3. The van der Waals surface area contributed by atoms with Crippen molar-refractivity contribution in [2.45, 2.75) is 33.1 Å². The number of hydrogen-bond donors (Lipinski definition) is 1. The van der Waals surface area contributed by atoms with Gasteiger partial charge in [-0.2, -0.15) is 0 Å². The lowest BCUT2D eigenvalue weighted by Gasteiger charge is -2.17. The third kappa shape index (κ3) is 4.30. The largest absolute Gasteiger partial charge is 0.369 e. The zero-order valence-corrected chi connectivity index (χ0v) is 16.5. The number of nitrogens with one attached hydrogen (secondary N) is 1. The number of likely N-dealkylation sites (tertiary alicyclic amines) is 1. The van der Waals surface area contributed by atoms with Crippen LogP contribution in [0.5, 0.6) is 0 Å². The van der Waals surface area contributed by atoms with Crippen molar-refractivity contribution < 1.29 is 0 Å². The van der Waals surface area contributed by atoms with Crippen LogP contribution in [0.1, 0.15) is 35.1 Å². The third-order valence-electron chi connectivity index (χ3n) is 5.52. The van der Waals surface area contributed by atoms with E-state index in [1.807, 2.05) is 0 Å². The maximum atomic E-state index is 5.03. The first-order valence-electron chi connectivity index (χ1n) is 10.1. The van der Waals surface area contributed by atoms with Crippen molar-refractivity contribution in [2.75, 3.05) is 31.5 Å². The molecule has 1 aliphatic rings. The highest BCUT2D eigenvalue weighted by Crippen LogP contribution is 2.25. The van der Waals surface area contributed by atoms with Gasteiger partial charge in [0, 0.05) is 24.9 Å². The molecule has 0 spiro atoms. The number of para-hydroxylation sites is 1. The summed E-state index contributed by atoms with van der Waals surface area (Å²) in [5, 5.41) is 4.87. The molecular weight excluding hydrogens is 330 g/mol. The van der Waals surface area contributed by atoms with E-state index in [1.165, 1.54) is 53.6 Å². The summed E-state index contributed by atoms with van der Waals surface area (Å²) in [6, 6.07) is 17.5. The average molecular weight is 360 g/mol. The molecule has 1 fully saturated rings. The van der Waals surface area contributed by atoms with Crippen molar-refractivity contribution in [2.24, 2.45) is 0 Å². The van der Waals surface area contributed by atoms with Crippen molar-refractivity contribution in [1.82, 2.24) is 9.88 Å². The molecule has 1 aliphatic heterocycles. The van der Waals surface area contributed by atoms with E-state index in [0.717, 1.165) is 30.8 Å². The molecule has 27 heavy (non-hydrogen) atoms. The van der Waals surface area contributed by atoms with Crippen LogP contribution in [0.15, 0.2) is 48.5 Å². The molecule has 0 aliphatic carbocycles. The van der Waals surface area contributed by atoms with E-state index in [2.05, 4.69) is 72.6 Å². The van der Waals surface area contributed by atoms with Crippen molar-refractivity contribution in [3.05, 3.63) is 70.8 Å². The summed E-state index contributed by atoms with van der Waals surface area (Å²) in [5.41, 5.74) is 6.26. The summed E-state index contributed by atoms with van der Waals surface area (Å²) in [4.78, 5) is 7.57. The van der Waals surface area contributed by atoms with Gasteiger partial charge in [0.25, 0.3) is 0 Å². The smallest absolute Gasteiger partial charge is 0.130 e. The fourth-order valence-electron chi connectivity index (χ4n) is 4.06. The minimum Gasteiger partial charge on any atom is -0.369 e. The lowest BCUT2D eigenvalue weighted by Crippen LogP contribution is -2.26. The molecule has 3 aromatic rings. The van der Waals surface area contributed by atoms with E-state index in [-0.39, 0.29) is 0 Å². The molecule has 0 bridgehead atoms. The van der Waals surface area contributed by atoms with Crippen molar-refractivity contribution in [3.8, 4) is 0 Å². The number of pyridine rings is 1. The van der Waals surface area contributed by atoms with Gasteiger partial charge in [-0.25, -0.2) is 4.98 Å². The molecule has 0 radical (unpaired) electrons. The van der Waals surface area contributed by atoms with Crippen LogP contribution in [-0.4, -0.2) is 36.1 Å². The normalized spacial score (nSPS) is 14.7.